The molecule has 5 nitrogen and oxygen atoms in total. The Labute approximate surface area is 84.7 Å². The summed E-state index contributed by atoms with van der Waals surface area (Å²) in [5.74, 6) is -0.566. The van der Waals surface area contributed by atoms with Crippen LogP contribution in [-0.4, -0.2) is 15.7 Å². The van der Waals surface area contributed by atoms with Gasteiger partial charge in [0.25, 0.3) is 5.69 Å². The Morgan fingerprint density at radius 2 is 2.14 bits per heavy atom. The van der Waals surface area contributed by atoms with E-state index in [-0.39, 0.29) is 16.2 Å². The zero-order chi connectivity index (χ0) is 10.7. The SMILES string of the molecule is NC(=S)C(=O)c1cccc([N+](=O)[O-])c1. The van der Waals surface area contributed by atoms with Crippen LogP contribution >= 0.6 is 12.2 Å². The van der Waals surface area contributed by atoms with E-state index in [4.69, 9.17) is 5.73 Å². The number of nitrogens with two attached hydrogens (primary N) is 1. The predicted molar refractivity (Wildman–Crippen MR) is 54.2 cm³/mol. The molecule has 0 bridgehead atoms. The zero-order valence-corrected chi connectivity index (χ0v) is 7.78. The molecule has 2 N–H and O–H groups in total. The van der Waals surface area contributed by atoms with Crippen molar-refractivity contribution in [2.24, 2.45) is 5.73 Å². The van der Waals surface area contributed by atoms with Gasteiger partial charge in [0.2, 0.25) is 5.78 Å². The number of thiocarbonyl (C=S) groups is 1. The first-order valence-electron chi connectivity index (χ1n) is 3.61. The third-order valence-electron chi connectivity index (χ3n) is 1.54. The first-order valence-corrected chi connectivity index (χ1v) is 4.02. The first-order chi connectivity index (χ1) is 6.52. The number of hydrogen-bond acceptors (Lipinski definition) is 4. The van der Waals surface area contributed by atoms with Crippen LogP contribution in [0.4, 0.5) is 5.69 Å². The Morgan fingerprint density at radius 3 is 2.64 bits per heavy atom. The lowest BCUT2D eigenvalue weighted by atomic mass is 10.1. The van der Waals surface area contributed by atoms with Gasteiger partial charge in [-0.15, -0.1) is 0 Å². The van der Waals surface area contributed by atoms with Crippen molar-refractivity contribution >= 4 is 28.7 Å². The fraction of sp³-hybridized carbons (Fsp3) is 0. The van der Waals surface area contributed by atoms with Crippen LogP contribution in [-0.2, 0) is 0 Å². The minimum absolute atomic E-state index is 0.131. The minimum atomic E-state index is -0.587. The van der Waals surface area contributed by atoms with Gasteiger partial charge in [-0.1, -0.05) is 24.4 Å². The Balaban J connectivity index is 3.12. The van der Waals surface area contributed by atoms with Crippen molar-refractivity contribution in [1.82, 2.24) is 0 Å². The van der Waals surface area contributed by atoms with Crippen molar-refractivity contribution in [3.8, 4) is 0 Å². The quantitative estimate of drug-likeness (QED) is 0.349. The molecule has 0 fully saturated rings. The largest absolute Gasteiger partial charge is 0.387 e. The van der Waals surface area contributed by atoms with E-state index in [2.05, 4.69) is 12.2 Å². The molecular formula is C8H6N2O3S. The van der Waals surface area contributed by atoms with Gasteiger partial charge in [0.05, 0.1) is 4.92 Å². The van der Waals surface area contributed by atoms with Crippen molar-refractivity contribution in [1.29, 1.82) is 0 Å². The van der Waals surface area contributed by atoms with Gasteiger partial charge in [-0.05, 0) is 0 Å². The highest BCUT2D eigenvalue weighted by molar-refractivity contribution is 7.82. The van der Waals surface area contributed by atoms with E-state index in [0.29, 0.717) is 0 Å². The molecule has 6 heteroatoms. The summed E-state index contributed by atoms with van der Waals surface area (Å²) < 4.78 is 0. The van der Waals surface area contributed by atoms with Crippen molar-refractivity contribution in [3.05, 3.63) is 39.9 Å². The number of carbonyl (C=O) groups is 1. The number of ketones is 1. The molecule has 0 aliphatic rings. The average molecular weight is 210 g/mol. The summed E-state index contributed by atoms with van der Waals surface area (Å²) in [5, 5.41) is 10.4. The molecule has 14 heavy (non-hydrogen) atoms. The number of nitrogens with zero attached hydrogens (tertiary/aromatic N) is 1. The molecular weight excluding hydrogens is 204 g/mol. The molecule has 0 saturated carbocycles. The first kappa shape index (κ1) is 10.3. The van der Waals surface area contributed by atoms with Gasteiger partial charge >= 0.3 is 0 Å². The van der Waals surface area contributed by atoms with Gasteiger partial charge in [0, 0.05) is 17.7 Å². The highest BCUT2D eigenvalue weighted by atomic mass is 32.1. The van der Waals surface area contributed by atoms with E-state index in [1.807, 2.05) is 0 Å². The zero-order valence-electron chi connectivity index (χ0n) is 6.97. The van der Waals surface area contributed by atoms with Gasteiger partial charge in [-0.25, -0.2) is 0 Å². The number of non-ortho nitro benzene ring substituents is 1. The summed E-state index contributed by atoms with van der Waals surface area (Å²) in [5.41, 5.74) is 5.08. The monoisotopic (exact) mass is 210 g/mol. The molecule has 0 aliphatic heterocycles. The van der Waals surface area contributed by atoms with Crippen LogP contribution in [0.2, 0.25) is 0 Å². The van der Waals surface area contributed by atoms with E-state index >= 15 is 0 Å². The number of nitro benzene ring substituents is 1. The van der Waals surface area contributed by atoms with Crippen LogP contribution < -0.4 is 5.73 Å². The van der Waals surface area contributed by atoms with Gasteiger partial charge in [0.1, 0.15) is 4.99 Å². The Kier molecular flexibility index (Phi) is 2.88. The third-order valence-corrected chi connectivity index (χ3v) is 1.73. The smallest absolute Gasteiger partial charge is 0.270 e. The van der Waals surface area contributed by atoms with Crippen LogP contribution in [0.5, 0.6) is 0 Å². The van der Waals surface area contributed by atoms with E-state index in [0.717, 1.165) is 6.07 Å². The maximum atomic E-state index is 11.2. The lowest BCUT2D eigenvalue weighted by Crippen LogP contribution is -2.20. The number of hydrogen-bond donors (Lipinski definition) is 1. The minimum Gasteiger partial charge on any atom is -0.387 e. The van der Waals surface area contributed by atoms with Crippen LogP contribution in [0.15, 0.2) is 24.3 Å². The molecule has 0 unspecified atom stereocenters. The third kappa shape index (κ3) is 2.11. The van der Waals surface area contributed by atoms with Crippen molar-refractivity contribution in [2.45, 2.75) is 0 Å². The Bertz CT molecular complexity index is 417. The van der Waals surface area contributed by atoms with Crippen molar-refractivity contribution in [2.75, 3.05) is 0 Å². The molecule has 0 aliphatic carbocycles. The number of rotatable bonds is 3. The molecule has 0 saturated heterocycles. The number of Topliss-reactive ketones (excluding diaryl/α,β-unsaturated/α-hetero) is 1. The molecule has 0 aromatic heterocycles. The van der Waals surface area contributed by atoms with Crippen LogP contribution in [0, 0.1) is 10.1 Å². The second-order valence-corrected chi connectivity index (χ2v) is 2.94. The molecule has 72 valence electrons. The summed E-state index contributed by atoms with van der Waals surface area (Å²) in [7, 11) is 0. The molecule has 1 aromatic rings. The van der Waals surface area contributed by atoms with Gasteiger partial charge in [0.15, 0.2) is 0 Å². The molecule has 0 radical (unpaired) electrons. The summed E-state index contributed by atoms with van der Waals surface area (Å²) in [4.78, 5) is 20.7. The molecule has 0 atom stereocenters. The summed E-state index contributed by atoms with van der Waals surface area (Å²) >= 11 is 4.47. The van der Waals surface area contributed by atoms with E-state index < -0.39 is 10.7 Å². The highest BCUT2D eigenvalue weighted by Gasteiger charge is 2.12. The van der Waals surface area contributed by atoms with Crippen LogP contribution in [0.1, 0.15) is 10.4 Å². The molecule has 0 amide bonds. The predicted octanol–water partition coefficient (Wildman–Crippen LogP) is 1.06. The topological polar surface area (TPSA) is 86.2 Å². The average Bonchev–Trinajstić information content (AvgIpc) is 2.16. The molecule has 0 heterocycles. The highest BCUT2D eigenvalue weighted by Crippen LogP contribution is 2.13. The molecule has 1 rings (SSSR count). The Hall–Kier alpha value is -1.82. The van der Waals surface area contributed by atoms with Gasteiger partial charge in [-0.2, -0.15) is 0 Å². The van der Waals surface area contributed by atoms with Crippen molar-refractivity contribution in [3.63, 3.8) is 0 Å². The normalized spacial score (nSPS) is 9.43. The van der Waals surface area contributed by atoms with E-state index in [1.54, 1.807) is 0 Å². The Morgan fingerprint density at radius 1 is 1.50 bits per heavy atom. The summed E-state index contributed by atoms with van der Waals surface area (Å²) in [6.45, 7) is 0. The second-order valence-electron chi connectivity index (χ2n) is 2.50. The fourth-order valence-electron chi connectivity index (χ4n) is 0.903. The lowest BCUT2D eigenvalue weighted by Gasteiger charge is -1.97. The fourth-order valence-corrected chi connectivity index (χ4v) is 1.02. The number of carbonyl (C=O) groups excluding carboxylic acids is 1. The molecule has 1 aromatic carbocycles. The standard InChI is InChI=1S/C8H6N2O3S/c9-8(14)7(11)5-2-1-3-6(4-5)10(12)13/h1-4H,(H2,9,14). The summed E-state index contributed by atoms with van der Waals surface area (Å²) in [6.07, 6.45) is 0. The lowest BCUT2D eigenvalue weighted by molar-refractivity contribution is -0.384. The second kappa shape index (κ2) is 3.93. The van der Waals surface area contributed by atoms with Crippen molar-refractivity contribution < 1.29 is 9.72 Å². The van der Waals surface area contributed by atoms with Gasteiger partial charge in [-0.3, -0.25) is 14.9 Å². The maximum Gasteiger partial charge on any atom is 0.270 e. The maximum absolute atomic E-state index is 11.2. The number of nitro groups is 1. The van der Waals surface area contributed by atoms with Crippen LogP contribution in [0.3, 0.4) is 0 Å². The van der Waals surface area contributed by atoms with E-state index in [1.165, 1.54) is 18.2 Å². The van der Waals surface area contributed by atoms with Crippen LogP contribution in [0.25, 0.3) is 0 Å². The molecule has 0 spiro atoms. The summed E-state index contributed by atoms with van der Waals surface area (Å²) in [6, 6.07) is 5.26. The van der Waals surface area contributed by atoms with Gasteiger partial charge < -0.3 is 5.73 Å². The van der Waals surface area contributed by atoms with E-state index in [9.17, 15) is 14.9 Å². The number of benzene rings is 1.